The first kappa shape index (κ1) is 98.4. The molecule has 0 aromatic heterocycles. The van der Waals surface area contributed by atoms with Gasteiger partial charge in [-0.15, -0.1) is 20.5 Å². The van der Waals surface area contributed by atoms with Gasteiger partial charge in [0.25, 0.3) is 0 Å². The van der Waals surface area contributed by atoms with E-state index < -0.39 is 34.1 Å². The van der Waals surface area contributed by atoms with E-state index in [1.54, 1.807) is 64.1 Å². The van der Waals surface area contributed by atoms with Crippen molar-refractivity contribution in [3.8, 4) is 82.5 Å². The number of hydrogen-bond acceptors (Lipinski definition) is 6. The highest BCUT2D eigenvalue weighted by molar-refractivity contribution is 5.94. The Labute approximate surface area is 739 Å². The van der Waals surface area contributed by atoms with Crippen LogP contribution in [0.2, 0.25) is 0 Å². The van der Waals surface area contributed by atoms with Crippen LogP contribution in [-0.2, 0) is 71.4 Å². The van der Waals surface area contributed by atoms with Crippen LogP contribution in [0, 0.1) is 71.0 Å². The van der Waals surface area contributed by atoms with Crippen LogP contribution in [0.15, 0.2) is 120 Å². The third kappa shape index (κ3) is 29.9. The van der Waals surface area contributed by atoms with E-state index in [1.165, 1.54) is 122 Å². The number of rotatable bonds is 44. The second kappa shape index (κ2) is 50.6. The minimum Gasteiger partial charge on any atom is -0.423 e. The van der Waals surface area contributed by atoms with E-state index in [9.17, 15) is 20.0 Å². The van der Waals surface area contributed by atoms with Gasteiger partial charge in [0.15, 0.2) is 0 Å². The van der Waals surface area contributed by atoms with Crippen molar-refractivity contribution in [3.05, 3.63) is 221 Å². The van der Waals surface area contributed by atoms with E-state index >= 15 is 0 Å². The minimum absolute atomic E-state index is 0.358. The van der Waals surface area contributed by atoms with Gasteiger partial charge in [-0.2, -0.15) is 0 Å². The zero-order valence-corrected chi connectivity index (χ0v) is 78.0. The number of esters is 2. The van der Waals surface area contributed by atoms with Crippen LogP contribution in [0.25, 0.3) is 0 Å². The molecular formula is C114H146N2O6. The molecule has 0 N–H and O–H groups in total. The lowest BCUT2D eigenvalue weighted by Crippen LogP contribution is -2.47. The number of carbonyl (C=O) groups excluding carboxylic acids is 2. The predicted octanol–water partition coefficient (Wildman–Crippen LogP) is 27.8. The van der Waals surface area contributed by atoms with Crippen LogP contribution >= 0.6 is 0 Å². The van der Waals surface area contributed by atoms with Gasteiger partial charge < -0.3 is 9.47 Å². The van der Waals surface area contributed by atoms with Crippen LogP contribution in [0.1, 0.15) is 416 Å². The second-order valence-electron chi connectivity index (χ2n) is 36.6. The number of carbonyl (C=O) groups is 2. The van der Waals surface area contributed by atoms with Gasteiger partial charge in [0.1, 0.15) is 11.5 Å². The van der Waals surface area contributed by atoms with Gasteiger partial charge in [0.05, 0.1) is 33.3 Å². The summed E-state index contributed by atoms with van der Waals surface area (Å²) in [5.74, 6) is 43.9. The van der Waals surface area contributed by atoms with Crippen molar-refractivity contribution >= 4 is 11.9 Å². The summed E-state index contributed by atoms with van der Waals surface area (Å²) in [4.78, 5) is 27.0. The molecule has 0 saturated heterocycles. The van der Waals surface area contributed by atoms with Crippen LogP contribution in [0.5, 0.6) is 11.5 Å². The maximum Gasteiger partial charge on any atom is 0.341 e. The molecule has 2 heterocycles. The van der Waals surface area contributed by atoms with E-state index in [2.05, 4.69) is 175 Å². The normalized spacial score (nSPS) is 14.1. The number of ether oxygens (including phenoxy) is 2. The smallest absolute Gasteiger partial charge is 0.341 e. The molecule has 8 nitrogen and oxygen atoms in total. The standard InChI is InChI=1S/C114H146N2O6/c1-17-25-33-41-51-89-79-101(69-71-103-83-95(55-45-37-29-21-5)99(81-97(103)57-47-39-31-23-7)67-61-87-63-73-105(74-64-87)121-109(117)107-85-111(9,10)115(119)113(107,13)14)93(53-43-35-27-19-3)77-91(89)59-49-50-60-92-78-94(54-44-36-28-20-4)102(80-90(92)52-42-34-26-18-2)70-72-104-84-96(56-46-38-30-22-6)100(82-98(104)58-48-40-32-24-8)68-62-88-65-75-106(76-66-88)122-110(118)108-86-112(11,12)116(120)114(108,15)16/h63-66,73-86H,17-48,51-58H2,1-16H3. The Morgan fingerprint density at radius 1 is 0.262 bits per heavy atom. The summed E-state index contributed by atoms with van der Waals surface area (Å²) in [7, 11) is 0. The first-order chi connectivity index (χ1) is 58.8. The Hall–Kier alpha value is -9.06. The molecule has 8 rings (SSSR count). The molecule has 0 atom stereocenters. The summed E-state index contributed by atoms with van der Waals surface area (Å²) < 4.78 is 11.7. The zero-order valence-electron chi connectivity index (χ0n) is 78.0. The zero-order chi connectivity index (χ0) is 87.9. The number of benzene rings is 6. The fraction of sp³-hybridized carbons (Fsp3) is 0.526. The van der Waals surface area contributed by atoms with Crippen LogP contribution in [0.4, 0.5) is 0 Å². The van der Waals surface area contributed by atoms with Gasteiger partial charge in [-0.3, -0.25) is 0 Å². The van der Waals surface area contributed by atoms with Gasteiger partial charge in [-0.1, -0.05) is 269 Å². The van der Waals surface area contributed by atoms with Crippen molar-refractivity contribution < 1.29 is 29.5 Å². The Morgan fingerprint density at radius 2 is 0.451 bits per heavy atom. The second-order valence-corrected chi connectivity index (χ2v) is 36.6. The molecule has 0 amide bonds. The van der Waals surface area contributed by atoms with Crippen molar-refractivity contribution in [2.45, 2.75) is 390 Å². The fourth-order valence-corrected chi connectivity index (χ4v) is 17.0. The van der Waals surface area contributed by atoms with E-state index in [0.29, 0.717) is 22.6 Å². The van der Waals surface area contributed by atoms with E-state index in [0.717, 1.165) is 246 Å². The molecule has 0 unspecified atom stereocenters. The lowest BCUT2D eigenvalue weighted by Gasteiger charge is -2.33. The molecule has 2 aliphatic heterocycles. The summed E-state index contributed by atoms with van der Waals surface area (Å²) in [5.41, 5.74) is 17.3. The highest BCUT2D eigenvalue weighted by atomic mass is 16.5. The van der Waals surface area contributed by atoms with Gasteiger partial charge in [0, 0.05) is 55.6 Å². The third-order valence-corrected chi connectivity index (χ3v) is 24.5. The topological polar surface area (TPSA) is 98.9 Å². The molecule has 8 heteroatoms. The summed E-state index contributed by atoms with van der Waals surface area (Å²) in [5, 5.41) is 28.1. The van der Waals surface area contributed by atoms with Crippen molar-refractivity contribution in [2.75, 3.05) is 0 Å². The van der Waals surface area contributed by atoms with Gasteiger partial charge >= 0.3 is 11.9 Å². The molecule has 2 radical (unpaired) electrons. The lowest BCUT2D eigenvalue weighted by molar-refractivity contribution is -0.238. The maximum atomic E-state index is 13.5. The van der Waals surface area contributed by atoms with Crippen LogP contribution in [0.3, 0.4) is 0 Å². The molecule has 0 bridgehead atoms. The molecule has 0 aliphatic carbocycles. The predicted molar refractivity (Wildman–Crippen MR) is 508 cm³/mol. The first-order valence-corrected chi connectivity index (χ1v) is 47.6. The Morgan fingerprint density at radius 3 is 0.631 bits per heavy atom. The monoisotopic (exact) mass is 1640 g/mol. The lowest BCUT2D eigenvalue weighted by atomic mass is 9.90. The molecule has 0 saturated carbocycles. The molecule has 0 fully saturated rings. The molecule has 648 valence electrons. The van der Waals surface area contributed by atoms with E-state index in [4.69, 9.17) is 9.47 Å². The van der Waals surface area contributed by atoms with Crippen molar-refractivity contribution in [3.63, 3.8) is 0 Å². The molecule has 0 spiro atoms. The quantitative estimate of drug-likeness (QED) is 0.0164. The SMILES string of the molecule is CCCCCCc1cc(C#Cc2cc(CCCCCC)c(C#Cc3ccc(OC(=O)C4=CC(C)(C)N([O])C4(C)C)cc3)cc2CCCCCC)c(CCCCCC)cc1C#CC#Cc1cc(CCCCCC)c(C#Cc2cc(CCCCCC)c(C#Cc3ccc(OC(=O)C4=CC(C)(C)N([O])C4(C)C)cc3)cc2CCCCCC)cc1CCCCCC. The minimum atomic E-state index is -1.01. The fourth-order valence-electron chi connectivity index (χ4n) is 17.0. The number of aryl methyl sites for hydroxylation is 8. The highest BCUT2D eigenvalue weighted by Crippen LogP contribution is 2.41. The van der Waals surface area contributed by atoms with Gasteiger partial charge in [-0.25, -0.2) is 9.59 Å². The Kier molecular flexibility index (Phi) is 40.8. The highest BCUT2D eigenvalue weighted by Gasteiger charge is 2.51. The van der Waals surface area contributed by atoms with E-state index in [-0.39, 0.29) is 0 Å². The molecule has 122 heavy (non-hydrogen) atoms. The maximum absolute atomic E-state index is 13.5. The summed E-state index contributed by atoms with van der Waals surface area (Å²) in [6.45, 7) is 32.5. The number of nitrogens with zero attached hydrogens (tertiary/aromatic N) is 2. The average Bonchev–Trinajstić information content (AvgIpc) is 1.61. The van der Waals surface area contributed by atoms with E-state index in [1.807, 2.05) is 52.0 Å². The molecule has 6 aromatic rings. The number of unbranched alkanes of at least 4 members (excludes halogenated alkanes) is 24. The Balaban J connectivity index is 1.18. The van der Waals surface area contributed by atoms with Crippen molar-refractivity contribution in [1.82, 2.24) is 10.1 Å². The van der Waals surface area contributed by atoms with Crippen molar-refractivity contribution in [2.24, 2.45) is 0 Å². The number of hydroxylamine groups is 4. The summed E-state index contributed by atoms with van der Waals surface area (Å²) in [6, 6.07) is 33.8. The van der Waals surface area contributed by atoms with Crippen molar-refractivity contribution in [1.29, 1.82) is 0 Å². The molecule has 2 aliphatic rings. The van der Waals surface area contributed by atoms with Crippen LogP contribution in [-0.4, -0.2) is 44.2 Å². The number of hydrogen-bond donors (Lipinski definition) is 0. The van der Waals surface area contributed by atoms with Gasteiger partial charge in [0.2, 0.25) is 0 Å². The van der Waals surface area contributed by atoms with Gasteiger partial charge in [-0.05, 0) is 324 Å². The molecular weight excluding hydrogens is 1490 g/mol. The molecule has 6 aromatic carbocycles. The largest absolute Gasteiger partial charge is 0.423 e. The Bertz CT molecular complexity index is 4580. The summed E-state index contributed by atoms with van der Waals surface area (Å²) >= 11 is 0. The summed E-state index contributed by atoms with van der Waals surface area (Å²) in [6.07, 6.45) is 47.6. The third-order valence-electron chi connectivity index (χ3n) is 24.5. The van der Waals surface area contributed by atoms with Crippen LogP contribution < -0.4 is 9.47 Å². The average molecular weight is 1640 g/mol. The first-order valence-electron chi connectivity index (χ1n) is 47.6.